The summed E-state index contributed by atoms with van der Waals surface area (Å²) in [6.07, 6.45) is 6.08. The molecule has 1 N–H and O–H groups in total. The lowest BCUT2D eigenvalue weighted by Crippen LogP contribution is -2.34. The molecule has 3 aliphatic heterocycles. The lowest BCUT2D eigenvalue weighted by molar-refractivity contribution is -0.119. The molecule has 4 rings (SSSR count). The molecule has 1 aromatic carbocycles. The lowest BCUT2D eigenvalue weighted by Gasteiger charge is -2.18. The van der Waals surface area contributed by atoms with Crippen molar-refractivity contribution in [1.29, 1.82) is 0 Å². The standard InChI is InChI=1S/C25H33N5O2S/c1-17(2)13-14-18(3)26-21(31)16-33-25-27-23-22(20-12-8-5-9-15-29(20)25)24(32)30(28-23)19-10-6-4-7-11-19/h4,6-7,10-11,17-18H,5,8-9,12-16H2,1-3H3,(H,26,31). The number of aromatic nitrogens is 4. The molecule has 1 atom stereocenters. The Labute approximate surface area is 199 Å². The van der Waals surface area contributed by atoms with Crippen molar-refractivity contribution < 1.29 is 4.79 Å². The van der Waals surface area contributed by atoms with Gasteiger partial charge in [0, 0.05) is 18.3 Å². The fraction of sp³-hybridized carbons (Fsp3) is 0.520. The van der Waals surface area contributed by atoms with Gasteiger partial charge in [-0.3, -0.25) is 9.59 Å². The first-order valence-electron chi connectivity index (χ1n) is 11.9. The summed E-state index contributed by atoms with van der Waals surface area (Å²) in [7, 11) is 0. The summed E-state index contributed by atoms with van der Waals surface area (Å²) < 4.78 is 3.59. The Hall–Kier alpha value is -2.61. The minimum absolute atomic E-state index is 0.0143. The van der Waals surface area contributed by atoms with E-state index in [1.807, 2.05) is 30.3 Å². The van der Waals surface area contributed by atoms with E-state index in [1.165, 1.54) is 16.4 Å². The summed E-state index contributed by atoms with van der Waals surface area (Å²) in [6, 6.07) is 9.61. The van der Waals surface area contributed by atoms with Crippen LogP contribution in [0.25, 0.3) is 17.1 Å². The number of rotatable bonds is 8. The number of carbonyl (C=O) groups is 1. The predicted octanol–water partition coefficient (Wildman–Crippen LogP) is 4.29. The molecule has 8 heteroatoms. The number of amides is 1. The summed E-state index contributed by atoms with van der Waals surface area (Å²) in [5, 5.41) is 8.43. The second-order valence-electron chi connectivity index (χ2n) is 9.28. The van der Waals surface area contributed by atoms with Crippen LogP contribution in [0.3, 0.4) is 0 Å². The monoisotopic (exact) mass is 467 g/mol. The molecule has 0 saturated heterocycles. The molecule has 33 heavy (non-hydrogen) atoms. The molecule has 1 unspecified atom stereocenters. The highest BCUT2D eigenvalue weighted by molar-refractivity contribution is 7.99. The van der Waals surface area contributed by atoms with Gasteiger partial charge in [-0.1, -0.05) is 50.2 Å². The zero-order chi connectivity index (χ0) is 23.4. The van der Waals surface area contributed by atoms with Crippen LogP contribution in [0.1, 0.15) is 58.6 Å². The van der Waals surface area contributed by atoms with Crippen LogP contribution in [0.4, 0.5) is 0 Å². The van der Waals surface area contributed by atoms with Crippen LogP contribution in [0.15, 0.2) is 40.3 Å². The van der Waals surface area contributed by atoms with Gasteiger partial charge in [0.05, 0.1) is 11.4 Å². The predicted molar refractivity (Wildman–Crippen MR) is 132 cm³/mol. The van der Waals surface area contributed by atoms with E-state index >= 15 is 0 Å². The van der Waals surface area contributed by atoms with E-state index in [0.717, 1.165) is 61.6 Å². The molecule has 0 spiro atoms. The first-order valence-corrected chi connectivity index (χ1v) is 12.9. The van der Waals surface area contributed by atoms with Crippen molar-refractivity contribution in [3.05, 3.63) is 46.4 Å². The Morgan fingerprint density at radius 3 is 2.67 bits per heavy atom. The fourth-order valence-corrected chi connectivity index (χ4v) is 5.16. The summed E-state index contributed by atoms with van der Waals surface area (Å²) in [6.45, 7) is 7.26. The van der Waals surface area contributed by atoms with Crippen LogP contribution in [0, 0.1) is 5.92 Å². The van der Waals surface area contributed by atoms with Crippen molar-refractivity contribution in [2.75, 3.05) is 5.75 Å². The molecule has 3 heterocycles. The molecule has 7 nitrogen and oxygen atoms in total. The Morgan fingerprint density at radius 2 is 1.91 bits per heavy atom. The molecule has 0 bridgehead atoms. The zero-order valence-electron chi connectivity index (χ0n) is 19.7. The maximum absolute atomic E-state index is 13.3. The Bertz CT molecular complexity index is 1120. The van der Waals surface area contributed by atoms with Crippen LogP contribution in [0.2, 0.25) is 0 Å². The number of thioether (sulfide) groups is 1. The van der Waals surface area contributed by atoms with Crippen molar-refractivity contribution in [1.82, 2.24) is 24.6 Å². The van der Waals surface area contributed by atoms with Crippen molar-refractivity contribution in [2.45, 2.75) is 77.0 Å². The van der Waals surface area contributed by atoms with Crippen molar-refractivity contribution >= 4 is 17.7 Å². The molecular formula is C25H33N5O2S. The van der Waals surface area contributed by atoms with Crippen LogP contribution in [-0.2, 0) is 17.8 Å². The third-order valence-electron chi connectivity index (χ3n) is 6.08. The molecule has 0 radical (unpaired) electrons. The van der Waals surface area contributed by atoms with Crippen LogP contribution >= 0.6 is 11.8 Å². The van der Waals surface area contributed by atoms with E-state index in [2.05, 4.69) is 35.8 Å². The van der Waals surface area contributed by atoms with Gasteiger partial charge in [0.2, 0.25) is 5.91 Å². The maximum Gasteiger partial charge on any atom is 0.284 e. The summed E-state index contributed by atoms with van der Waals surface area (Å²) in [4.78, 5) is 30.6. The number of hydrogen-bond donors (Lipinski definition) is 1. The summed E-state index contributed by atoms with van der Waals surface area (Å²) in [5.74, 6) is 1.40. The SMILES string of the molecule is CC(C)CCC(C)NC(=O)CSc1nc2nn(-c3ccccc3)c(=O)c-2c2n1CCCCC2. The number of nitrogens with one attached hydrogen (secondary N) is 1. The van der Waals surface area contributed by atoms with Gasteiger partial charge < -0.3 is 9.88 Å². The topological polar surface area (TPSA) is 81.8 Å². The molecule has 0 saturated carbocycles. The average Bonchev–Trinajstić information content (AvgIpc) is 2.96. The van der Waals surface area contributed by atoms with Gasteiger partial charge in [-0.25, -0.2) is 4.98 Å². The second kappa shape index (κ2) is 10.5. The van der Waals surface area contributed by atoms with Gasteiger partial charge in [0.1, 0.15) is 5.56 Å². The number of hydrogen-bond acceptors (Lipinski definition) is 5. The minimum Gasteiger partial charge on any atom is -0.353 e. The van der Waals surface area contributed by atoms with Gasteiger partial charge in [-0.05, 0) is 57.1 Å². The van der Waals surface area contributed by atoms with Gasteiger partial charge in [0.15, 0.2) is 11.0 Å². The maximum atomic E-state index is 13.3. The summed E-state index contributed by atoms with van der Waals surface area (Å²) in [5.41, 5.74) is 2.22. The highest BCUT2D eigenvalue weighted by Gasteiger charge is 2.27. The third-order valence-corrected chi connectivity index (χ3v) is 7.06. The highest BCUT2D eigenvalue weighted by Crippen LogP contribution is 2.30. The molecule has 0 aromatic heterocycles. The summed E-state index contributed by atoms with van der Waals surface area (Å²) >= 11 is 1.43. The quantitative estimate of drug-likeness (QED) is 0.395. The van der Waals surface area contributed by atoms with Crippen molar-refractivity contribution in [3.8, 4) is 17.1 Å². The molecule has 0 fully saturated rings. The Kier molecular flexibility index (Phi) is 7.53. The first kappa shape index (κ1) is 23.5. The second-order valence-corrected chi connectivity index (χ2v) is 10.2. The minimum atomic E-state index is -0.123. The van der Waals surface area contributed by atoms with Crippen LogP contribution in [-0.4, -0.2) is 37.0 Å². The Morgan fingerprint density at radius 1 is 1.12 bits per heavy atom. The number of benzene rings is 1. The van der Waals surface area contributed by atoms with Gasteiger partial charge in [-0.15, -0.1) is 5.10 Å². The molecule has 1 amide bonds. The molecule has 0 aliphatic carbocycles. The fourth-order valence-electron chi connectivity index (χ4n) is 4.31. The van der Waals surface area contributed by atoms with E-state index < -0.39 is 0 Å². The molecule has 176 valence electrons. The van der Waals surface area contributed by atoms with Crippen molar-refractivity contribution in [2.24, 2.45) is 5.92 Å². The van der Waals surface area contributed by atoms with Crippen LogP contribution < -0.4 is 10.9 Å². The smallest absolute Gasteiger partial charge is 0.284 e. The third kappa shape index (κ3) is 5.49. The number of carbonyl (C=O) groups excluding carboxylic acids is 1. The average molecular weight is 468 g/mol. The number of fused-ring (bicyclic) bond motifs is 3. The van der Waals surface area contributed by atoms with E-state index in [0.29, 0.717) is 23.1 Å². The first-order chi connectivity index (χ1) is 15.9. The largest absolute Gasteiger partial charge is 0.353 e. The van der Waals surface area contributed by atoms with Crippen LogP contribution in [0.5, 0.6) is 0 Å². The number of para-hydroxylation sites is 1. The normalized spacial score (nSPS) is 14.8. The highest BCUT2D eigenvalue weighted by atomic mass is 32.2. The zero-order valence-corrected chi connectivity index (χ0v) is 20.5. The lowest BCUT2D eigenvalue weighted by atomic mass is 10.0. The number of nitrogens with zero attached hydrogens (tertiary/aromatic N) is 4. The van der Waals surface area contributed by atoms with E-state index in [1.54, 1.807) is 0 Å². The van der Waals surface area contributed by atoms with Gasteiger partial charge >= 0.3 is 0 Å². The van der Waals surface area contributed by atoms with Gasteiger partial charge in [0.25, 0.3) is 5.56 Å². The van der Waals surface area contributed by atoms with Gasteiger partial charge in [-0.2, -0.15) is 4.68 Å². The van der Waals surface area contributed by atoms with E-state index in [4.69, 9.17) is 4.98 Å². The molecule has 3 aliphatic rings. The van der Waals surface area contributed by atoms with E-state index in [-0.39, 0.29) is 17.5 Å². The Balaban J connectivity index is 1.61. The molecular weight excluding hydrogens is 434 g/mol. The van der Waals surface area contributed by atoms with Crippen molar-refractivity contribution in [3.63, 3.8) is 0 Å². The van der Waals surface area contributed by atoms with E-state index in [9.17, 15) is 9.59 Å². The molecule has 1 aromatic rings.